The SMILES string of the molecule is CCOc1ncnc(N2CCC(C(F)(F)F)CC2)c1N. The summed E-state index contributed by atoms with van der Waals surface area (Å²) in [7, 11) is 0. The van der Waals surface area contributed by atoms with Gasteiger partial charge in [-0.1, -0.05) is 0 Å². The Labute approximate surface area is 114 Å². The van der Waals surface area contributed by atoms with Crippen LogP contribution in [0.15, 0.2) is 6.33 Å². The third-order valence-electron chi connectivity index (χ3n) is 3.36. The van der Waals surface area contributed by atoms with Crippen LogP contribution >= 0.6 is 0 Å². The van der Waals surface area contributed by atoms with Gasteiger partial charge < -0.3 is 15.4 Å². The Kier molecular flexibility index (Phi) is 4.20. The molecule has 0 aromatic carbocycles. The minimum absolute atomic E-state index is 0.0525. The number of piperidine rings is 1. The monoisotopic (exact) mass is 290 g/mol. The summed E-state index contributed by atoms with van der Waals surface area (Å²) in [5.41, 5.74) is 6.18. The molecule has 0 amide bonds. The molecule has 5 nitrogen and oxygen atoms in total. The fraction of sp³-hybridized carbons (Fsp3) is 0.667. The van der Waals surface area contributed by atoms with Crippen molar-refractivity contribution >= 4 is 11.5 Å². The van der Waals surface area contributed by atoms with E-state index in [0.29, 0.717) is 12.4 Å². The summed E-state index contributed by atoms with van der Waals surface area (Å²) >= 11 is 0. The molecule has 0 saturated carbocycles. The number of aromatic nitrogens is 2. The van der Waals surface area contributed by atoms with Gasteiger partial charge in [0, 0.05) is 13.1 Å². The second-order valence-electron chi connectivity index (χ2n) is 4.65. The molecule has 1 aromatic rings. The van der Waals surface area contributed by atoms with Gasteiger partial charge in [-0.15, -0.1) is 0 Å². The van der Waals surface area contributed by atoms with Gasteiger partial charge in [-0.2, -0.15) is 18.2 Å². The highest BCUT2D eigenvalue weighted by atomic mass is 19.4. The lowest BCUT2D eigenvalue weighted by Gasteiger charge is -2.34. The summed E-state index contributed by atoms with van der Waals surface area (Å²) in [5, 5.41) is 0. The van der Waals surface area contributed by atoms with E-state index in [1.807, 2.05) is 0 Å². The van der Waals surface area contributed by atoms with Gasteiger partial charge in [0.2, 0.25) is 5.88 Å². The zero-order valence-electron chi connectivity index (χ0n) is 11.2. The molecule has 1 aromatic heterocycles. The second-order valence-corrected chi connectivity index (χ2v) is 4.65. The van der Waals surface area contributed by atoms with Crippen molar-refractivity contribution in [2.75, 3.05) is 30.3 Å². The van der Waals surface area contributed by atoms with Gasteiger partial charge in [0.05, 0.1) is 12.5 Å². The Morgan fingerprint density at radius 2 is 2.00 bits per heavy atom. The molecule has 0 bridgehead atoms. The van der Waals surface area contributed by atoms with E-state index >= 15 is 0 Å². The van der Waals surface area contributed by atoms with Crippen LogP contribution in [0.1, 0.15) is 19.8 Å². The van der Waals surface area contributed by atoms with E-state index < -0.39 is 12.1 Å². The molecule has 2 rings (SSSR count). The first kappa shape index (κ1) is 14.7. The van der Waals surface area contributed by atoms with Crippen molar-refractivity contribution in [2.45, 2.75) is 25.9 Å². The van der Waals surface area contributed by atoms with E-state index in [4.69, 9.17) is 10.5 Å². The standard InChI is InChI=1S/C12H17F3N4O/c1-2-20-11-9(16)10(17-7-18-11)19-5-3-8(4-6-19)12(13,14)15/h7-8H,2-6,16H2,1H3. The van der Waals surface area contributed by atoms with Crippen LogP contribution in [-0.2, 0) is 0 Å². The van der Waals surface area contributed by atoms with Crippen LogP contribution in [0.25, 0.3) is 0 Å². The van der Waals surface area contributed by atoms with Crippen LogP contribution in [0, 0.1) is 5.92 Å². The Hall–Kier alpha value is -1.73. The molecule has 0 radical (unpaired) electrons. The number of nitrogens with zero attached hydrogens (tertiary/aromatic N) is 3. The third kappa shape index (κ3) is 3.05. The Bertz CT molecular complexity index is 459. The lowest BCUT2D eigenvalue weighted by atomic mass is 9.96. The molecule has 1 fully saturated rings. The van der Waals surface area contributed by atoms with Gasteiger partial charge in [0.1, 0.15) is 12.0 Å². The van der Waals surface area contributed by atoms with Crippen LogP contribution in [0.2, 0.25) is 0 Å². The fourth-order valence-electron chi connectivity index (χ4n) is 2.29. The molecule has 0 spiro atoms. The van der Waals surface area contributed by atoms with Crippen LogP contribution < -0.4 is 15.4 Å². The maximum Gasteiger partial charge on any atom is 0.391 e. The maximum atomic E-state index is 12.6. The van der Waals surface area contributed by atoms with Gasteiger partial charge in [-0.25, -0.2) is 4.98 Å². The van der Waals surface area contributed by atoms with E-state index in [-0.39, 0.29) is 37.5 Å². The number of hydrogen-bond acceptors (Lipinski definition) is 5. The number of nitrogens with two attached hydrogens (primary N) is 1. The third-order valence-corrected chi connectivity index (χ3v) is 3.36. The largest absolute Gasteiger partial charge is 0.476 e. The van der Waals surface area contributed by atoms with E-state index in [0.717, 1.165) is 0 Å². The van der Waals surface area contributed by atoms with Gasteiger partial charge in [0.15, 0.2) is 5.82 Å². The first-order valence-corrected chi connectivity index (χ1v) is 6.48. The van der Waals surface area contributed by atoms with Crippen LogP contribution in [0.4, 0.5) is 24.7 Å². The summed E-state index contributed by atoms with van der Waals surface area (Å²) in [5.74, 6) is -0.521. The lowest BCUT2D eigenvalue weighted by molar-refractivity contribution is -0.179. The van der Waals surface area contributed by atoms with Crippen molar-refractivity contribution in [3.63, 3.8) is 0 Å². The van der Waals surface area contributed by atoms with Crippen LogP contribution in [0.3, 0.4) is 0 Å². The van der Waals surface area contributed by atoms with Crippen molar-refractivity contribution in [1.82, 2.24) is 9.97 Å². The van der Waals surface area contributed by atoms with Crippen LogP contribution in [0.5, 0.6) is 5.88 Å². The number of anilines is 2. The van der Waals surface area contributed by atoms with Crippen molar-refractivity contribution in [2.24, 2.45) is 5.92 Å². The molecule has 1 saturated heterocycles. The Morgan fingerprint density at radius 1 is 1.35 bits per heavy atom. The molecular formula is C12H17F3N4O. The number of halogens is 3. The van der Waals surface area contributed by atoms with E-state index in [9.17, 15) is 13.2 Å². The molecule has 20 heavy (non-hydrogen) atoms. The molecule has 0 unspecified atom stereocenters. The van der Waals surface area contributed by atoms with E-state index in [2.05, 4.69) is 9.97 Å². The minimum atomic E-state index is -4.13. The highest BCUT2D eigenvalue weighted by Gasteiger charge is 2.41. The molecule has 0 aliphatic carbocycles. The van der Waals surface area contributed by atoms with Gasteiger partial charge in [-0.3, -0.25) is 0 Å². The number of hydrogen-bond donors (Lipinski definition) is 1. The zero-order valence-corrected chi connectivity index (χ0v) is 11.2. The Morgan fingerprint density at radius 3 is 2.55 bits per heavy atom. The first-order chi connectivity index (χ1) is 9.43. The van der Waals surface area contributed by atoms with Gasteiger partial charge >= 0.3 is 6.18 Å². The summed E-state index contributed by atoms with van der Waals surface area (Å²) in [4.78, 5) is 9.73. The first-order valence-electron chi connectivity index (χ1n) is 6.48. The minimum Gasteiger partial charge on any atom is -0.476 e. The second kappa shape index (κ2) is 5.72. The maximum absolute atomic E-state index is 12.6. The summed E-state index contributed by atoms with van der Waals surface area (Å²) in [6.07, 6.45) is -2.71. The Balaban J connectivity index is 2.09. The quantitative estimate of drug-likeness (QED) is 0.925. The predicted octanol–water partition coefficient (Wildman–Crippen LogP) is 2.24. The van der Waals surface area contributed by atoms with E-state index in [1.165, 1.54) is 6.33 Å². The fourth-order valence-corrected chi connectivity index (χ4v) is 2.29. The number of rotatable bonds is 3. The van der Waals surface area contributed by atoms with Gasteiger partial charge in [-0.05, 0) is 19.8 Å². The number of ether oxygens (including phenoxy) is 1. The van der Waals surface area contributed by atoms with Crippen LogP contribution in [-0.4, -0.2) is 35.8 Å². The number of nitrogen functional groups attached to an aromatic ring is 1. The molecule has 8 heteroatoms. The molecule has 0 atom stereocenters. The van der Waals surface area contributed by atoms with Gasteiger partial charge in [0.25, 0.3) is 0 Å². The van der Waals surface area contributed by atoms with E-state index in [1.54, 1.807) is 11.8 Å². The van der Waals surface area contributed by atoms with Crippen molar-refractivity contribution in [1.29, 1.82) is 0 Å². The molecule has 2 heterocycles. The lowest BCUT2D eigenvalue weighted by Crippen LogP contribution is -2.39. The molecule has 1 aliphatic rings. The average Bonchev–Trinajstić information content (AvgIpc) is 2.41. The molecule has 112 valence electrons. The smallest absolute Gasteiger partial charge is 0.391 e. The normalized spacial score (nSPS) is 17.3. The molecule has 2 N–H and O–H groups in total. The molecule has 1 aliphatic heterocycles. The summed E-state index contributed by atoms with van der Waals surface area (Å²) in [6, 6.07) is 0. The summed E-state index contributed by atoms with van der Waals surface area (Å²) < 4.78 is 43.1. The topological polar surface area (TPSA) is 64.3 Å². The predicted molar refractivity (Wildman–Crippen MR) is 68.6 cm³/mol. The van der Waals surface area contributed by atoms with Crippen molar-refractivity contribution < 1.29 is 17.9 Å². The average molecular weight is 290 g/mol. The van der Waals surface area contributed by atoms with Crippen molar-refractivity contribution in [3.05, 3.63) is 6.33 Å². The zero-order chi connectivity index (χ0) is 14.8. The highest BCUT2D eigenvalue weighted by Crippen LogP contribution is 2.37. The highest BCUT2D eigenvalue weighted by molar-refractivity contribution is 5.67. The van der Waals surface area contributed by atoms with Crippen molar-refractivity contribution in [3.8, 4) is 5.88 Å². The summed E-state index contributed by atoms with van der Waals surface area (Å²) in [6.45, 7) is 2.76. The number of alkyl halides is 3. The molecular weight excluding hydrogens is 273 g/mol.